The van der Waals surface area contributed by atoms with Gasteiger partial charge < -0.3 is 5.32 Å². The van der Waals surface area contributed by atoms with Gasteiger partial charge in [0.1, 0.15) is 10.8 Å². The molecule has 164 valence electrons. The first-order chi connectivity index (χ1) is 16.1. The minimum absolute atomic E-state index is 0.102. The fraction of sp³-hybridized carbons (Fsp3) is 0.120. The van der Waals surface area contributed by atoms with Gasteiger partial charge in [-0.2, -0.15) is 11.3 Å². The van der Waals surface area contributed by atoms with E-state index in [0.29, 0.717) is 15.6 Å². The maximum atomic E-state index is 13.4. The summed E-state index contributed by atoms with van der Waals surface area (Å²) in [6, 6.07) is 18.6. The molecule has 4 heterocycles. The van der Waals surface area contributed by atoms with Crippen molar-refractivity contribution in [3.8, 4) is 11.3 Å². The van der Waals surface area contributed by atoms with Crippen LogP contribution in [0.2, 0.25) is 5.02 Å². The molecule has 1 saturated heterocycles. The Morgan fingerprint density at radius 2 is 1.85 bits per heavy atom. The first-order valence-corrected chi connectivity index (χ1v) is 12.4. The van der Waals surface area contributed by atoms with Crippen molar-refractivity contribution >= 4 is 46.4 Å². The Hall–Kier alpha value is -3.00. The lowest BCUT2D eigenvalue weighted by Gasteiger charge is -2.39. The zero-order valence-corrected chi connectivity index (χ0v) is 19.7. The number of hydrogen-bond acceptors (Lipinski definition) is 6. The number of halogens is 1. The van der Waals surface area contributed by atoms with Gasteiger partial charge in [-0.3, -0.25) is 14.6 Å². The van der Waals surface area contributed by atoms with Crippen molar-refractivity contribution in [2.24, 2.45) is 0 Å². The number of carbonyl (C=O) groups excluding carboxylic acids is 2. The number of pyridine rings is 2. The lowest BCUT2D eigenvalue weighted by molar-refractivity contribution is -0.133. The molecule has 0 spiro atoms. The highest BCUT2D eigenvalue weighted by molar-refractivity contribution is 8.01. The van der Waals surface area contributed by atoms with Gasteiger partial charge in [0, 0.05) is 29.3 Å². The Bertz CT molecular complexity index is 1290. The number of thioether (sulfide) groups is 1. The van der Waals surface area contributed by atoms with E-state index >= 15 is 0 Å². The molecule has 0 radical (unpaired) electrons. The topological polar surface area (TPSA) is 72.0 Å². The third-order valence-electron chi connectivity index (χ3n) is 5.56. The molecule has 3 aromatic heterocycles. The van der Waals surface area contributed by atoms with E-state index in [9.17, 15) is 9.59 Å². The second kappa shape index (κ2) is 9.09. The normalized spacial score (nSPS) is 20.5. The first-order valence-electron chi connectivity index (χ1n) is 10.2. The fourth-order valence-electron chi connectivity index (χ4n) is 3.95. The van der Waals surface area contributed by atoms with Crippen LogP contribution in [0.1, 0.15) is 17.7 Å². The van der Waals surface area contributed by atoms with Gasteiger partial charge in [0.05, 0.1) is 16.4 Å². The van der Waals surface area contributed by atoms with E-state index in [4.69, 9.17) is 16.6 Å². The van der Waals surface area contributed by atoms with Crippen LogP contribution in [0.25, 0.3) is 11.3 Å². The van der Waals surface area contributed by atoms with E-state index in [1.807, 2.05) is 65.4 Å². The summed E-state index contributed by atoms with van der Waals surface area (Å²) in [6.45, 7) is 0. The predicted molar refractivity (Wildman–Crippen MR) is 131 cm³/mol. The Morgan fingerprint density at radius 1 is 1.03 bits per heavy atom. The van der Waals surface area contributed by atoms with Crippen LogP contribution in [0.4, 0.5) is 0 Å². The quantitative estimate of drug-likeness (QED) is 0.381. The highest BCUT2D eigenvalue weighted by Crippen LogP contribution is 2.41. The van der Waals surface area contributed by atoms with Crippen molar-refractivity contribution in [1.82, 2.24) is 15.3 Å². The van der Waals surface area contributed by atoms with Gasteiger partial charge in [-0.15, -0.1) is 11.8 Å². The van der Waals surface area contributed by atoms with Crippen molar-refractivity contribution in [3.05, 3.63) is 100 Å². The highest BCUT2D eigenvalue weighted by atomic mass is 35.5. The van der Waals surface area contributed by atoms with Crippen LogP contribution in [-0.4, -0.2) is 26.9 Å². The summed E-state index contributed by atoms with van der Waals surface area (Å²) in [5, 5.41) is 6.69. The molecule has 33 heavy (non-hydrogen) atoms. The number of carbonyl (C=O) groups is 2. The van der Waals surface area contributed by atoms with Gasteiger partial charge in [0.2, 0.25) is 5.91 Å². The average molecular weight is 492 g/mol. The van der Waals surface area contributed by atoms with Crippen molar-refractivity contribution in [2.45, 2.75) is 22.1 Å². The van der Waals surface area contributed by atoms with Crippen molar-refractivity contribution in [1.29, 1.82) is 0 Å². The number of amides is 1. The first kappa shape index (κ1) is 21.8. The molecule has 8 heteroatoms. The third kappa shape index (κ3) is 4.19. The summed E-state index contributed by atoms with van der Waals surface area (Å²) in [6.07, 6.45) is 3.52. The highest BCUT2D eigenvalue weighted by Gasteiger charge is 2.48. The molecule has 2 unspecified atom stereocenters. The Labute approximate surface area is 204 Å². The Kier molecular flexibility index (Phi) is 6.01. The van der Waals surface area contributed by atoms with Crippen LogP contribution in [0, 0.1) is 0 Å². The molecule has 0 aliphatic carbocycles. The lowest BCUT2D eigenvalue weighted by atomic mass is 9.79. The van der Waals surface area contributed by atoms with Gasteiger partial charge in [-0.05, 0) is 58.8 Å². The molecule has 5 nitrogen and oxygen atoms in total. The number of nitrogens with one attached hydrogen (secondary N) is 1. The molecule has 0 saturated carbocycles. The lowest BCUT2D eigenvalue weighted by Crippen LogP contribution is -2.58. The number of Topliss-reactive ketones (excluding diaryl/α,β-unsaturated/α-hetero) is 1. The molecule has 2 atom stereocenters. The summed E-state index contributed by atoms with van der Waals surface area (Å²) < 4.78 is 0. The zero-order valence-electron chi connectivity index (χ0n) is 17.3. The van der Waals surface area contributed by atoms with Gasteiger partial charge in [-0.25, -0.2) is 4.98 Å². The molecule has 5 rings (SSSR count). The van der Waals surface area contributed by atoms with Crippen molar-refractivity contribution in [2.75, 3.05) is 0 Å². The predicted octanol–water partition coefficient (Wildman–Crippen LogP) is 5.35. The van der Waals surface area contributed by atoms with Crippen molar-refractivity contribution < 1.29 is 9.59 Å². The number of nitrogens with zero attached hydrogens (tertiary/aromatic N) is 2. The maximum absolute atomic E-state index is 13.4. The van der Waals surface area contributed by atoms with Crippen LogP contribution >= 0.6 is 34.7 Å². The summed E-state index contributed by atoms with van der Waals surface area (Å²) in [7, 11) is 0. The molecule has 1 N–H and O–H groups in total. The Balaban J connectivity index is 1.54. The van der Waals surface area contributed by atoms with E-state index in [2.05, 4.69) is 10.3 Å². The van der Waals surface area contributed by atoms with Crippen molar-refractivity contribution in [3.63, 3.8) is 0 Å². The molecule has 1 aliphatic rings. The van der Waals surface area contributed by atoms with Crippen LogP contribution in [0.3, 0.4) is 0 Å². The number of thiophene rings is 1. The van der Waals surface area contributed by atoms with E-state index in [-0.39, 0.29) is 18.1 Å². The smallest absolute Gasteiger partial charge is 0.242 e. The van der Waals surface area contributed by atoms with Crippen LogP contribution in [0.5, 0.6) is 0 Å². The standard InChI is InChI=1S/C25H18ClN3O2S2/c26-18-4-1-2-6-21(18)33-23-20(30)14-25(29-24(23)31,17-10-13-32-15-17)22-7-3-5-19(28-22)16-8-11-27-12-9-16/h1-13,15,23H,14H2,(H,29,31). The van der Waals surface area contributed by atoms with E-state index in [0.717, 1.165) is 16.8 Å². The van der Waals surface area contributed by atoms with Crippen LogP contribution < -0.4 is 5.32 Å². The van der Waals surface area contributed by atoms with Gasteiger partial charge in [-0.1, -0.05) is 29.8 Å². The average Bonchev–Trinajstić information content (AvgIpc) is 3.39. The summed E-state index contributed by atoms with van der Waals surface area (Å²) in [5.41, 5.74) is 2.09. The van der Waals surface area contributed by atoms with E-state index in [1.165, 1.54) is 23.1 Å². The van der Waals surface area contributed by atoms with Gasteiger partial charge >= 0.3 is 0 Å². The number of aromatic nitrogens is 2. The number of piperidine rings is 1. The SMILES string of the molecule is O=C1CC(c2ccsc2)(c2cccc(-c3ccncc3)n2)NC(=O)C1Sc1ccccc1Cl. The second-order valence-electron chi connectivity index (χ2n) is 7.62. The monoisotopic (exact) mass is 491 g/mol. The molecule has 0 bridgehead atoms. The number of hydrogen-bond donors (Lipinski definition) is 1. The molecule has 1 fully saturated rings. The van der Waals surface area contributed by atoms with E-state index < -0.39 is 10.8 Å². The number of ketones is 1. The molecular weight excluding hydrogens is 474 g/mol. The largest absolute Gasteiger partial charge is 0.339 e. The molecule has 1 aromatic carbocycles. The summed E-state index contributed by atoms with van der Waals surface area (Å²) >= 11 is 8.97. The molecule has 4 aromatic rings. The Morgan fingerprint density at radius 3 is 2.58 bits per heavy atom. The minimum Gasteiger partial charge on any atom is -0.339 e. The maximum Gasteiger partial charge on any atom is 0.242 e. The number of rotatable bonds is 5. The zero-order chi connectivity index (χ0) is 22.8. The van der Waals surface area contributed by atoms with Crippen LogP contribution in [0.15, 0.2) is 88.7 Å². The minimum atomic E-state index is -1.03. The second-order valence-corrected chi connectivity index (χ2v) is 9.96. The van der Waals surface area contributed by atoms with Crippen LogP contribution in [-0.2, 0) is 15.1 Å². The molecule has 1 amide bonds. The summed E-state index contributed by atoms with van der Waals surface area (Å²) in [4.78, 5) is 36.4. The third-order valence-corrected chi connectivity index (χ3v) is 8.01. The number of benzene rings is 1. The molecule has 1 aliphatic heterocycles. The van der Waals surface area contributed by atoms with Gasteiger partial charge in [0.25, 0.3) is 0 Å². The summed E-state index contributed by atoms with van der Waals surface area (Å²) in [5.74, 6) is -0.510. The fourth-order valence-corrected chi connectivity index (χ4v) is 5.92. The van der Waals surface area contributed by atoms with Gasteiger partial charge in [0.15, 0.2) is 5.78 Å². The van der Waals surface area contributed by atoms with E-state index in [1.54, 1.807) is 18.5 Å². The molecular formula is C25H18ClN3O2S2.